The molecule has 142 valence electrons. The lowest BCUT2D eigenvalue weighted by atomic mass is 10.1. The van der Waals surface area contributed by atoms with Crippen molar-refractivity contribution in [3.63, 3.8) is 0 Å². The van der Waals surface area contributed by atoms with Crippen molar-refractivity contribution in [2.24, 2.45) is 0 Å². The third-order valence-electron chi connectivity index (χ3n) is 3.54. The van der Waals surface area contributed by atoms with E-state index >= 15 is 0 Å². The van der Waals surface area contributed by atoms with Crippen LogP contribution in [0.2, 0.25) is 0 Å². The van der Waals surface area contributed by atoms with Crippen molar-refractivity contribution in [2.45, 2.75) is 6.92 Å². The Labute approximate surface area is 162 Å². The molecule has 0 aliphatic rings. The predicted molar refractivity (Wildman–Crippen MR) is 104 cm³/mol. The van der Waals surface area contributed by atoms with Crippen molar-refractivity contribution >= 4 is 29.5 Å². The molecule has 0 aliphatic carbocycles. The maximum absolute atomic E-state index is 11.9. The van der Waals surface area contributed by atoms with Gasteiger partial charge in [-0.05, 0) is 48.9 Å². The number of hydrogen-bond donors (Lipinski definition) is 2. The molecular formula is C21H19N3O4. The summed E-state index contributed by atoms with van der Waals surface area (Å²) in [4.78, 5) is 35.4. The summed E-state index contributed by atoms with van der Waals surface area (Å²) in [5, 5.41) is 14.0. The van der Waals surface area contributed by atoms with Gasteiger partial charge in [-0.25, -0.2) is 4.79 Å². The van der Waals surface area contributed by atoms with Crippen LogP contribution >= 0.6 is 0 Å². The molecule has 0 atom stereocenters. The molecule has 0 unspecified atom stereocenters. The molecular weight excluding hydrogens is 358 g/mol. The van der Waals surface area contributed by atoms with Crippen molar-refractivity contribution in [2.75, 3.05) is 18.5 Å². The van der Waals surface area contributed by atoms with E-state index in [1.807, 2.05) is 13.0 Å². The van der Waals surface area contributed by atoms with Crippen LogP contribution in [0.5, 0.6) is 0 Å². The molecule has 0 saturated heterocycles. The lowest BCUT2D eigenvalue weighted by Crippen LogP contribution is -2.23. The quantitative estimate of drug-likeness (QED) is 0.569. The van der Waals surface area contributed by atoms with Crippen molar-refractivity contribution in [3.8, 4) is 6.07 Å². The average Bonchev–Trinajstić information content (AvgIpc) is 2.71. The van der Waals surface area contributed by atoms with Crippen molar-refractivity contribution in [3.05, 3.63) is 71.3 Å². The molecule has 0 radical (unpaired) electrons. The number of nitrogens with one attached hydrogen (secondary N) is 2. The van der Waals surface area contributed by atoms with Gasteiger partial charge in [-0.2, -0.15) is 5.26 Å². The number of nitriles is 1. The molecule has 0 heterocycles. The van der Waals surface area contributed by atoms with Crippen LogP contribution in [-0.2, 0) is 14.3 Å². The molecule has 0 bridgehead atoms. The van der Waals surface area contributed by atoms with Gasteiger partial charge in [0.25, 0.3) is 11.8 Å². The van der Waals surface area contributed by atoms with Crippen molar-refractivity contribution in [1.82, 2.24) is 5.32 Å². The van der Waals surface area contributed by atoms with Crippen LogP contribution in [0.4, 0.5) is 5.69 Å². The first-order valence-electron chi connectivity index (χ1n) is 8.55. The zero-order chi connectivity index (χ0) is 20.4. The lowest BCUT2D eigenvalue weighted by molar-refractivity contribution is -0.142. The second-order valence-electron chi connectivity index (χ2n) is 5.66. The Hall–Kier alpha value is -3.92. The maximum atomic E-state index is 11.9. The number of nitrogens with zero attached hydrogens (tertiary/aromatic N) is 1. The van der Waals surface area contributed by atoms with E-state index in [1.54, 1.807) is 42.5 Å². The van der Waals surface area contributed by atoms with Gasteiger partial charge in [-0.15, -0.1) is 0 Å². The van der Waals surface area contributed by atoms with Crippen molar-refractivity contribution < 1.29 is 19.1 Å². The minimum absolute atomic E-state index is 0.238. The molecule has 0 saturated carbocycles. The Bertz CT molecular complexity index is 927. The fraction of sp³-hybridized carbons (Fsp3) is 0.143. The van der Waals surface area contributed by atoms with Gasteiger partial charge in [-0.1, -0.05) is 18.2 Å². The fourth-order valence-electron chi connectivity index (χ4n) is 2.22. The largest absolute Gasteiger partial charge is 0.452 e. The molecule has 2 aromatic rings. The number of esters is 1. The number of amides is 2. The topological polar surface area (TPSA) is 108 Å². The molecule has 2 amide bonds. The smallest absolute Gasteiger partial charge is 0.331 e. The highest BCUT2D eigenvalue weighted by atomic mass is 16.5. The normalized spacial score (nSPS) is 10.1. The SMILES string of the molecule is CCNC(=O)c1cccc(NC(=O)COC(=O)/C=C/c2ccc(C#N)cc2)c1. The first-order chi connectivity index (χ1) is 13.5. The van der Waals surface area contributed by atoms with Crippen LogP contribution in [0, 0.1) is 11.3 Å². The van der Waals surface area contributed by atoms with E-state index in [0.29, 0.717) is 23.4 Å². The fourth-order valence-corrected chi connectivity index (χ4v) is 2.22. The predicted octanol–water partition coefficient (Wildman–Crippen LogP) is 2.50. The minimum atomic E-state index is -0.671. The van der Waals surface area contributed by atoms with E-state index in [4.69, 9.17) is 10.00 Å². The van der Waals surface area contributed by atoms with Gasteiger partial charge in [0.2, 0.25) is 0 Å². The molecule has 0 spiro atoms. The number of carbonyl (C=O) groups is 3. The lowest BCUT2D eigenvalue weighted by Gasteiger charge is -2.07. The van der Waals surface area contributed by atoms with Crippen molar-refractivity contribution in [1.29, 1.82) is 5.26 Å². The highest BCUT2D eigenvalue weighted by Gasteiger charge is 2.08. The summed E-state index contributed by atoms with van der Waals surface area (Å²) in [6.07, 6.45) is 2.72. The molecule has 7 heteroatoms. The molecule has 2 N–H and O–H groups in total. The zero-order valence-electron chi connectivity index (χ0n) is 15.3. The monoisotopic (exact) mass is 377 g/mol. The van der Waals surface area contributed by atoms with Crippen LogP contribution < -0.4 is 10.6 Å². The highest BCUT2D eigenvalue weighted by molar-refractivity contribution is 5.98. The second kappa shape index (κ2) is 10.3. The van der Waals surface area contributed by atoms with Gasteiger partial charge in [0.15, 0.2) is 6.61 Å². The molecule has 2 aromatic carbocycles. The summed E-state index contributed by atoms with van der Waals surface area (Å²) in [6.45, 7) is 1.86. The standard InChI is InChI=1S/C21H19N3O4/c1-2-23-21(27)17-4-3-5-18(12-17)24-19(25)14-28-20(26)11-10-15-6-8-16(13-22)9-7-15/h3-12H,2,14H2,1H3,(H,23,27)(H,24,25)/b11-10+. The molecule has 0 aliphatic heterocycles. The molecule has 2 rings (SSSR count). The van der Waals surface area contributed by atoms with E-state index in [-0.39, 0.29) is 5.91 Å². The van der Waals surface area contributed by atoms with Crippen LogP contribution in [-0.4, -0.2) is 30.9 Å². The summed E-state index contributed by atoms with van der Waals surface area (Å²) in [5.41, 5.74) is 2.09. The molecule has 0 fully saturated rings. The summed E-state index contributed by atoms with van der Waals surface area (Å²) in [7, 11) is 0. The zero-order valence-corrected chi connectivity index (χ0v) is 15.3. The van der Waals surface area contributed by atoms with Crippen LogP contribution in [0.1, 0.15) is 28.4 Å². The first kappa shape index (κ1) is 20.4. The van der Waals surface area contributed by atoms with Gasteiger partial charge >= 0.3 is 5.97 Å². The number of rotatable bonds is 7. The van der Waals surface area contributed by atoms with Gasteiger partial charge < -0.3 is 15.4 Å². The van der Waals surface area contributed by atoms with E-state index in [1.165, 1.54) is 18.2 Å². The number of hydrogen-bond acceptors (Lipinski definition) is 5. The molecule has 7 nitrogen and oxygen atoms in total. The second-order valence-corrected chi connectivity index (χ2v) is 5.66. The van der Waals surface area contributed by atoms with Gasteiger partial charge in [-0.3, -0.25) is 9.59 Å². The Balaban J connectivity index is 1.84. The van der Waals surface area contributed by atoms with E-state index in [2.05, 4.69) is 10.6 Å². The summed E-state index contributed by atoms with van der Waals surface area (Å²) < 4.78 is 4.89. The Morgan fingerprint density at radius 2 is 1.89 bits per heavy atom. The first-order valence-corrected chi connectivity index (χ1v) is 8.55. The summed E-state index contributed by atoms with van der Waals surface area (Å²) in [5.74, 6) is -1.43. The van der Waals surface area contributed by atoms with E-state index in [0.717, 1.165) is 5.56 Å². The van der Waals surface area contributed by atoms with E-state index in [9.17, 15) is 14.4 Å². The number of carbonyl (C=O) groups excluding carboxylic acids is 3. The average molecular weight is 377 g/mol. The number of benzene rings is 2. The van der Waals surface area contributed by atoms with Gasteiger partial charge in [0.1, 0.15) is 0 Å². The molecule has 28 heavy (non-hydrogen) atoms. The maximum Gasteiger partial charge on any atom is 0.331 e. The van der Waals surface area contributed by atoms with Gasteiger partial charge in [0, 0.05) is 23.9 Å². The Morgan fingerprint density at radius 3 is 2.57 bits per heavy atom. The van der Waals surface area contributed by atoms with E-state index < -0.39 is 18.5 Å². The third-order valence-corrected chi connectivity index (χ3v) is 3.54. The highest BCUT2D eigenvalue weighted by Crippen LogP contribution is 2.11. The Kier molecular flexibility index (Phi) is 7.49. The Morgan fingerprint density at radius 1 is 1.14 bits per heavy atom. The summed E-state index contributed by atoms with van der Waals surface area (Å²) in [6, 6.07) is 15.1. The minimum Gasteiger partial charge on any atom is -0.452 e. The third kappa shape index (κ3) is 6.42. The van der Waals surface area contributed by atoms with Crippen LogP contribution in [0.15, 0.2) is 54.6 Å². The number of anilines is 1. The van der Waals surface area contributed by atoms with Gasteiger partial charge in [0.05, 0.1) is 11.6 Å². The number of ether oxygens (including phenoxy) is 1. The summed E-state index contributed by atoms with van der Waals surface area (Å²) >= 11 is 0. The molecule has 0 aromatic heterocycles. The van der Waals surface area contributed by atoms with Crippen LogP contribution in [0.3, 0.4) is 0 Å². The van der Waals surface area contributed by atoms with Crippen LogP contribution in [0.25, 0.3) is 6.08 Å².